The molecule has 15 heavy (non-hydrogen) atoms. The van der Waals surface area contributed by atoms with E-state index in [0.717, 1.165) is 19.3 Å². The summed E-state index contributed by atoms with van der Waals surface area (Å²) in [5.74, 6) is 0.434. The lowest BCUT2D eigenvalue weighted by molar-refractivity contribution is -0.121. The molecule has 3 heteroatoms. The SMILES string of the molecule is CC1(C)CCC(=O)CC1Sc1cccs1. The Morgan fingerprint density at radius 3 is 3.00 bits per heavy atom. The van der Waals surface area contributed by atoms with E-state index in [2.05, 4.69) is 31.4 Å². The number of hydrogen-bond acceptors (Lipinski definition) is 3. The number of ketones is 1. The summed E-state index contributed by atoms with van der Waals surface area (Å²) in [5.41, 5.74) is 0.294. The summed E-state index contributed by atoms with van der Waals surface area (Å²) < 4.78 is 1.34. The lowest BCUT2D eigenvalue weighted by Gasteiger charge is -2.37. The van der Waals surface area contributed by atoms with E-state index in [4.69, 9.17) is 0 Å². The van der Waals surface area contributed by atoms with Crippen LogP contribution in [-0.2, 0) is 4.79 Å². The minimum absolute atomic E-state index is 0.294. The van der Waals surface area contributed by atoms with Crippen LogP contribution < -0.4 is 0 Å². The summed E-state index contributed by atoms with van der Waals surface area (Å²) in [6.45, 7) is 4.56. The van der Waals surface area contributed by atoms with Crippen LogP contribution in [-0.4, -0.2) is 11.0 Å². The van der Waals surface area contributed by atoms with Gasteiger partial charge < -0.3 is 0 Å². The molecule has 1 unspecified atom stereocenters. The summed E-state index contributed by atoms with van der Waals surface area (Å²) in [5, 5.41) is 2.55. The molecule has 0 N–H and O–H groups in total. The van der Waals surface area contributed by atoms with Gasteiger partial charge in [0, 0.05) is 18.1 Å². The molecule has 0 radical (unpaired) electrons. The van der Waals surface area contributed by atoms with E-state index in [0.29, 0.717) is 16.4 Å². The van der Waals surface area contributed by atoms with Crippen LogP contribution in [0.2, 0.25) is 0 Å². The number of carbonyl (C=O) groups excluding carboxylic acids is 1. The number of thiophene rings is 1. The zero-order valence-corrected chi connectivity index (χ0v) is 10.8. The van der Waals surface area contributed by atoms with E-state index in [9.17, 15) is 4.79 Å². The minimum Gasteiger partial charge on any atom is -0.300 e. The lowest BCUT2D eigenvalue weighted by Crippen LogP contribution is -2.34. The highest BCUT2D eigenvalue weighted by molar-refractivity contribution is 8.01. The molecule has 1 nitrogen and oxygen atoms in total. The van der Waals surface area contributed by atoms with Crippen LogP contribution in [0.1, 0.15) is 33.1 Å². The Morgan fingerprint density at radius 2 is 2.33 bits per heavy atom. The molecule has 1 aliphatic carbocycles. The van der Waals surface area contributed by atoms with Crippen LogP contribution in [0.3, 0.4) is 0 Å². The molecule has 2 rings (SSSR count). The molecule has 0 saturated heterocycles. The maximum Gasteiger partial charge on any atom is 0.134 e. The van der Waals surface area contributed by atoms with E-state index in [-0.39, 0.29) is 0 Å². The number of Topliss-reactive ketones (excluding diaryl/α,β-unsaturated/α-hetero) is 1. The second kappa shape index (κ2) is 4.30. The van der Waals surface area contributed by atoms with E-state index >= 15 is 0 Å². The van der Waals surface area contributed by atoms with Crippen molar-refractivity contribution in [1.82, 2.24) is 0 Å². The van der Waals surface area contributed by atoms with Crippen molar-refractivity contribution >= 4 is 28.9 Å². The maximum absolute atomic E-state index is 11.5. The fraction of sp³-hybridized carbons (Fsp3) is 0.583. The molecular formula is C12H16OS2. The van der Waals surface area contributed by atoms with Crippen LogP contribution in [0.25, 0.3) is 0 Å². The van der Waals surface area contributed by atoms with E-state index < -0.39 is 0 Å². The van der Waals surface area contributed by atoms with Gasteiger partial charge in [0.2, 0.25) is 0 Å². The maximum atomic E-state index is 11.5. The standard InChI is InChI=1S/C12H16OS2/c1-12(2)6-5-9(13)8-10(12)15-11-4-3-7-14-11/h3-4,7,10H,5-6,8H2,1-2H3. The molecule has 0 bridgehead atoms. The molecule has 1 aromatic heterocycles. The van der Waals surface area contributed by atoms with Crippen molar-refractivity contribution in [1.29, 1.82) is 0 Å². The van der Waals surface area contributed by atoms with Gasteiger partial charge in [-0.25, -0.2) is 0 Å². The summed E-state index contributed by atoms with van der Waals surface area (Å²) in [6.07, 6.45) is 2.55. The van der Waals surface area contributed by atoms with Gasteiger partial charge in [0.15, 0.2) is 0 Å². The van der Waals surface area contributed by atoms with Crippen molar-refractivity contribution in [2.24, 2.45) is 5.41 Å². The monoisotopic (exact) mass is 240 g/mol. The molecule has 1 heterocycles. The minimum atomic E-state index is 0.294. The van der Waals surface area contributed by atoms with Gasteiger partial charge in [-0.15, -0.1) is 23.1 Å². The van der Waals surface area contributed by atoms with Crippen LogP contribution in [0.5, 0.6) is 0 Å². The zero-order chi connectivity index (χ0) is 10.9. The van der Waals surface area contributed by atoms with Gasteiger partial charge in [-0.3, -0.25) is 4.79 Å². The second-order valence-electron chi connectivity index (χ2n) is 4.77. The van der Waals surface area contributed by atoms with E-state index in [1.54, 1.807) is 11.3 Å². The van der Waals surface area contributed by atoms with Crippen molar-refractivity contribution in [3.63, 3.8) is 0 Å². The van der Waals surface area contributed by atoms with Crippen LogP contribution in [0.4, 0.5) is 0 Å². The molecule has 0 aliphatic heterocycles. The third kappa shape index (κ3) is 2.64. The predicted molar refractivity (Wildman–Crippen MR) is 66.6 cm³/mol. The molecule has 0 aromatic carbocycles. The van der Waals surface area contributed by atoms with Gasteiger partial charge in [0.25, 0.3) is 0 Å². The number of hydrogen-bond donors (Lipinski definition) is 0. The van der Waals surface area contributed by atoms with Crippen LogP contribution in [0.15, 0.2) is 21.7 Å². The van der Waals surface area contributed by atoms with Gasteiger partial charge in [-0.1, -0.05) is 19.9 Å². The molecule has 0 amide bonds. The Labute approximate surface area is 99.3 Å². The highest BCUT2D eigenvalue weighted by atomic mass is 32.2. The largest absolute Gasteiger partial charge is 0.300 e. The van der Waals surface area contributed by atoms with Crippen molar-refractivity contribution in [3.05, 3.63) is 17.5 Å². The van der Waals surface area contributed by atoms with Gasteiger partial charge in [-0.2, -0.15) is 0 Å². The van der Waals surface area contributed by atoms with Gasteiger partial charge in [0.05, 0.1) is 4.21 Å². The average Bonchev–Trinajstić information content (AvgIpc) is 2.65. The van der Waals surface area contributed by atoms with Crippen molar-refractivity contribution in [2.45, 2.75) is 42.6 Å². The highest BCUT2D eigenvalue weighted by Gasteiger charge is 2.36. The highest BCUT2D eigenvalue weighted by Crippen LogP contribution is 2.45. The fourth-order valence-electron chi connectivity index (χ4n) is 1.88. The van der Waals surface area contributed by atoms with Crippen LogP contribution >= 0.6 is 23.1 Å². The quantitative estimate of drug-likeness (QED) is 0.777. The average molecular weight is 240 g/mol. The van der Waals surface area contributed by atoms with Crippen molar-refractivity contribution < 1.29 is 4.79 Å². The number of carbonyl (C=O) groups is 1. The molecule has 1 fully saturated rings. The van der Waals surface area contributed by atoms with Gasteiger partial charge >= 0.3 is 0 Å². The third-order valence-corrected chi connectivity index (χ3v) is 5.78. The van der Waals surface area contributed by atoms with E-state index in [1.807, 2.05) is 11.8 Å². The van der Waals surface area contributed by atoms with Crippen LogP contribution in [0, 0.1) is 5.41 Å². The molecule has 1 saturated carbocycles. The topological polar surface area (TPSA) is 17.1 Å². The molecule has 82 valence electrons. The first-order chi connectivity index (χ1) is 7.08. The zero-order valence-electron chi connectivity index (χ0n) is 9.16. The second-order valence-corrected chi connectivity index (χ2v) is 7.22. The lowest BCUT2D eigenvalue weighted by atomic mass is 9.76. The Balaban J connectivity index is 2.08. The van der Waals surface area contributed by atoms with Crippen molar-refractivity contribution in [2.75, 3.05) is 0 Å². The van der Waals surface area contributed by atoms with Crippen molar-refractivity contribution in [3.8, 4) is 0 Å². The van der Waals surface area contributed by atoms with Gasteiger partial charge in [-0.05, 0) is 23.3 Å². The first kappa shape index (κ1) is 11.2. The number of rotatable bonds is 2. The summed E-state index contributed by atoms with van der Waals surface area (Å²) in [6, 6.07) is 4.22. The normalized spacial score (nSPS) is 25.5. The molecule has 1 aliphatic rings. The number of thioether (sulfide) groups is 1. The molecule has 0 spiro atoms. The predicted octanol–water partition coefficient (Wildman–Crippen LogP) is 3.99. The van der Waals surface area contributed by atoms with E-state index in [1.165, 1.54) is 4.21 Å². The summed E-state index contributed by atoms with van der Waals surface area (Å²) in [7, 11) is 0. The fourth-order valence-corrected chi connectivity index (χ4v) is 4.21. The molecular weight excluding hydrogens is 224 g/mol. The Bertz CT molecular complexity index is 341. The third-order valence-electron chi connectivity index (χ3n) is 3.09. The van der Waals surface area contributed by atoms with Gasteiger partial charge in [0.1, 0.15) is 5.78 Å². The summed E-state index contributed by atoms with van der Waals surface area (Å²) in [4.78, 5) is 11.5. The molecule has 1 aromatic rings. The summed E-state index contributed by atoms with van der Waals surface area (Å²) >= 11 is 3.65. The molecule has 1 atom stereocenters. The first-order valence-electron chi connectivity index (χ1n) is 5.30. The Hall–Kier alpha value is -0.280. The first-order valence-corrected chi connectivity index (χ1v) is 7.06. The Morgan fingerprint density at radius 1 is 1.53 bits per heavy atom. The smallest absolute Gasteiger partial charge is 0.134 e. The Kier molecular flexibility index (Phi) is 3.21.